The maximum atomic E-state index is 15.5. The van der Waals surface area contributed by atoms with E-state index in [2.05, 4.69) is 20.0 Å². The molecular formula is C28H31FN6O3. The molecule has 1 fully saturated rings. The molecule has 0 spiro atoms. The van der Waals surface area contributed by atoms with E-state index >= 15 is 4.39 Å². The highest BCUT2D eigenvalue weighted by Gasteiger charge is 2.33. The average molecular weight is 522 g/mol. The number of fused-ring (bicyclic) bond motifs is 3. The molecule has 1 unspecified atom stereocenters. The van der Waals surface area contributed by atoms with Crippen molar-refractivity contribution in [3.63, 3.8) is 0 Å². The van der Waals surface area contributed by atoms with Gasteiger partial charge < -0.3 is 18.9 Å². The number of ether oxygens (including phenoxy) is 1. The number of benzene rings is 1. The van der Waals surface area contributed by atoms with E-state index in [-0.39, 0.29) is 23.2 Å². The lowest BCUT2D eigenvalue weighted by Crippen LogP contribution is -2.27. The predicted octanol–water partition coefficient (Wildman–Crippen LogP) is 4.97. The lowest BCUT2D eigenvalue weighted by Gasteiger charge is -2.31. The molecule has 0 amide bonds. The molecule has 0 radical (unpaired) electrons. The first-order chi connectivity index (χ1) is 19.3. The van der Waals surface area contributed by atoms with Gasteiger partial charge in [-0.1, -0.05) is 10.4 Å². The summed E-state index contributed by atoms with van der Waals surface area (Å²) >= 11 is 0. The van der Waals surface area contributed by atoms with Gasteiger partial charge in [-0.15, -0.1) is 5.10 Å². The smallest absolute Gasteiger partial charge is 0.134 e. The first-order valence-corrected chi connectivity index (χ1v) is 12.6. The van der Waals surface area contributed by atoms with Crippen molar-refractivity contribution in [3.05, 3.63) is 59.0 Å². The number of aromatic nitrogens is 6. The maximum absolute atomic E-state index is 15.5. The zero-order valence-corrected chi connectivity index (χ0v) is 21.7. The lowest BCUT2D eigenvalue weighted by atomic mass is 9.89. The molecule has 198 valence electrons. The Kier molecular flexibility index (Phi) is 5.04. The van der Waals surface area contributed by atoms with Crippen LogP contribution in [0, 0.1) is 25.5 Å². The van der Waals surface area contributed by atoms with Crippen LogP contribution >= 0.6 is 0 Å². The van der Waals surface area contributed by atoms with Gasteiger partial charge >= 0.3 is 0 Å². The molecule has 9 nitrogen and oxygen atoms in total. The van der Waals surface area contributed by atoms with Gasteiger partial charge in [0.05, 0.1) is 39.6 Å². The SMILES string of the molecule is [2H]C([2H])([2H])c1nnn(C)c1-c1cnc2c3cc(F)c(C(C)(C)O)cc3n(C(c3cc(C)on3)C3CCOCC3)c2c1. The first kappa shape index (κ1) is 21.3. The molecule has 38 heavy (non-hydrogen) atoms. The van der Waals surface area contributed by atoms with Crippen LogP contribution in [0.1, 0.15) is 59.6 Å². The maximum Gasteiger partial charge on any atom is 0.134 e. The number of halogens is 1. The molecule has 0 bridgehead atoms. The summed E-state index contributed by atoms with van der Waals surface area (Å²) in [6, 6.07) is 6.48. The van der Waals surface area contributed by atoms with Gasteiger partial charge in [-0.05, 0) is 64.6 Å². The second-order valence-corrected chi connectivity index (χ2v) is 10.5. The van der Waals surface area contributed by atoms with Crippen LogP contribution in [0.4, 0.5) is 4.39 Å². The molecule has 0 aliphatic carbocycles. The molecule has 6 rings (SSSR count). The van der Waals surface area contributed by atoms with E-state index in [1.165, 1.54) is 10.7 Å². The Morgan fingerprint density at radius 3 is 2.66 bits per heavy atom. The quantitative estimate of drug-likeness (QED) is 0.348. The highest BCUT2D eigenvalue weighted by atomic mass is 19.1. The zero-order chi connectivity index (χ0) is 29.3. The third-order valence-electron chi connectivity index (χ3n) is 7.43. The third kappa shape index (κ3) is 3.99. The molecule has 10 heteroatoms. The number of hydrogen-bond donors (Lipinski definition) is 1. The number of nitrogens with zero attached hydrogens (tertiary/aromatic N) is 6. The Bertz CT molecular complexity index is 1760. The Morgan fingerprint density at radius 1 is 1.18 bits per heavy atom. The second-order valence-electron chi connectivity index (χ2n) is 10.5. The summed E-state index contributed by atoms with van der Waals surface area (Å²) in [6.07, 6.45) is 3.09. The van der Waals surface area contributed by atoms with Crippen LogP contribution in [0.5, 0.6) is 0 Å². The highest BCUT2D eigenvalue weighted by Crippen LogP contribution is 2.42. The third-order valence-corrected chi connectivity index (χ3v) is 7.43. The van der Waals surface area contributed by atoms with Crippen LogP contribution in [0.3, 0.4) is 0 Å². The summed E-state index contributed by atoms with van der Waals surface area (Å²) in [5.74, 6) is 0.209. The van der Waals surface area contributed by atoms with E-state index in [0.717, 1.165) is 12.8 Å². The Labute approximate surface area is 223 Å². The van der Waals surface area contributed by atoms with Crippen LogP contribution < -0.4 is 0 Å². The van der Waals surface area contributed by atoms with Crippen LogP contribution in [0.15, 0.2) is 35.0 Å². The number of aryl methyl sites for hydroxylation is 3. The molecule has 4 aromatic heterocycles. The molecule has 1 saturated heterocycles. The number of rotatable bonds is 5. The molecule has 5 aromatic rings. The largest absolute Gasteiger partial charge is 0.386 e. The van der Waals surface area contributed by atoms with E-state index < -0.39 is 18.3 Å². The Hall–Kier alpha value is -3.63. The van der Waals surface area contributed by atoms with E-state index in [9.17, 15) is 5.11 Å². The summed E-state index contributed by atoms with van der Waals surface area (Å²) in [6.45, 7) is 3.61. The van der Waals surface area contributed by atoms with Crippen LogP contribution in [-0.4, -0.2) is 48.0 Å². The van der Waals surface area contributed by atoms with Gasteiger partial charge in [0.15, 0.2) is 0 Å². The van der Waals surface area contributed by atoms with E-state index in [1.54, 1.807) is 33.2 Å². The van der Waals surface area contributed by atoms with Gasteiger partial charge in [0.2, 0.25) is 0 Å². The number of hydrogen-bond acceptors (Lipinski definition) is 7. The van der Waals surface area contributed by atoms with Crippen molar-refractivity contribution in [1.29, 1.82) is 0 Å². The second kappa shape index (κ2) is 8.99. The molecule has 5 heterocycles. The topological polar surface area (TPSA) is 104 Å². The number of aliphatic hydroxyl groups is 1. The lowest BCUT2D eigenvalue weighted by molar-refractivity contribution is 0.0543. The number of pyridine rings is 1. The Morgan fingerprint density at radius 2 is 1.97 bits per heavy atom. The van der Waals surface area contributed by atoms with Crippen LogP contribution in [0.2, 0.25) is 0 Å². The van der Waals surface area contributed by atoms with Gasteiger partial charge in [0, 0.05) is 53.2 Å². The van der Waals surface area contributed by atoms with Crippen molar-refractivity contribution in [3.8, 4) is 11.3 Å². The summed E-state index contributed by atoms with van der Waals surface area (Å²) in [5.41, 5.74) is 1.96. The van der Waals surface area contributed by atoms with E-state index in [0.29, 0.717) is 57.9 Å². The van der Waals surface area contributed by atoms with Crippen LogP contribution in [0.25, 0.3) is 33.2 Å². The predicted molar refractivity (Wildman–Crippen MR) is 140 cm³/mol. The minimum atomic E-state index is -2.49. The molecular weight excluding hydrogens is 487 g/mol. The molecule has 1 atom stereocenters. The van der Waals surface area contributed by atoms with Gasteiger partial charge in [0.25, 0.3) is 0 Å². The van der Waals surface area contributed by atoms with Crippen molar-refractivity contribution in [2.75, 3.05) is 13.2 Å². The highest BCUT2D eigenvalue weighted by molar-refractivity contribution is 6.07. The van der Waals surface area contributed by atoms with Crippen LogP contribution in [-0.2, 0) is 17.4 Å². The summed E-state index contributed by atoms with van der Waals surface area (Å²) in [4.78, 5) is 4.74. The van der Waals surface area contributed by atoms with Gasteiger partial charge in [-0.2, -0.15) is 0 Å². The minimum Gasteiger partial charge on any atom is -0.386 e. The fourth-order valence-corrected chi connectivity index (χ4v) is 5.64. The van der Waals surface area contributed by atoms with Crippen molar-refractivity contribution in [1.82, 2.24) is 29.7 Å². The van der Waals surface area contributed by atoms with Gasteiger partial charge in [-0.25, -0.2) is 9.07 Å². The summed E-state index contributed by atoms with van der Waals surface area (Å²) in [7, 11) is 1.63. The summed E-state index contributed by atoms with van der Waals surface area (Å²) < 4.78 is 54.1. The van der Waals surface area contributed by atoms with Crippen molar-refractivity contribution in [2.24, 2.45) is 13.0 Å². The zero-order valence-electron chi connectivity index (χ0n) is 24.7. The fourth-order valence-electron chi connectivity index (χ4n) is 5.64. The van der Waals surface area contributed by atoms with Crippen molar-refractivity contribution < 1.29 is 22.9 Å². The van der Waals surface area contributed by atoms with Gasteiger partial charge in [0.1, 0.15) is 17.3 Å². The molecule has 1 aliphatic rings. The van der Waals surface area contributed by atoms with Gasteiger partial charge in [-0.3, -0.25) is 4.98 Å². The normalized spacial score (nSPS) is 17.6. The van der Waals surface area contributed by atoms with E-state index in [4.69, 9.17) is 18.4 Å². The Balaban J connectivity index is 1.71. The molecule has 0 saturated carbocycles. The molecule has 1 aromatic carbocycles. The minimum absolute atomic E-state index is 0.0997. The average Bonchev–Trinajstić information content (AvgIpc) is 3.59. The standard InChI is InChI=1S/C28H31FN6O3/c1-15-10-22(32-38-15)27(17-6-8-37-9-7-17)35-23-13-20(28(3,4)36)21(29)12-19(23)25-24(35)11-18(14-30-25)26-16(2)31-33-34(26)5/h10-14,17,27,36H,6-9H2,1-5H3/i2D3. The molecule has 1 aliphatic heterocycles. The summed E-state index contributed by atoms with van der Waals surface area (Å²) in [5, 5.41) is 23.7. The fraction of sp³-hybridized carbons (Fsp3) is 0.429. The monoisotopic (exact) mass is 521 g/mol. The molecule has 1 N–H and O–H groups in total. The van der Waals surface area contributed by atoms with E-state index in [1.807, 2.05) is 19.1 Å². The van der Waals surface area contributed by atoms with Crippen molar-refractivity contribution in [2.45, 2.75) is 52.1 Å². The van der Waals surface area contributed by atoms with Crippen molar-refractivity contribution >= 4 is 21.9 Å². The first-order valence-electron chi connectivity index (χ1n) is 14.1.